The minimum atomic E-state index is -0.316. The van der Waals surface area contributed by atoms with E-state index in [-0.39, 0.29) is 11.8 Å². The highest BCUT2D eigenvalue weighted by Gasteiger charge is 2.26. The summed E-state index contributed by atoms with van der Waals surface area (Å²) in [6, 6.07) is 4.86. The molecular formula is C20H23FN2O2S2. The van der Waals surface area contributed by atoms with Crippen molar-refractivity contribution in [3.8, 4) is 0 Å². The van der Waals surface area contributed by atoms with Crippen molar-refractivity contribution < 1.29 is 13.9 Å². The fraction of sp³-hybridized carbons (Fsp3) is 0.400. The summed E-state index contributed by atoms with van der Waals surface area (Å²) in [6.07, 6.45) is 5.22. The van der Waals surface area contributed by atoms with Gasteiger partial charge >= 0.3 is 5.97 Å². The van der Waals surface area contributed by atoms with Gasteiger partial charge in [-0.25, -0.2) is 9.18 Å². The number of halogens is 1. The molecule has 2 N–H and O–H groups in total. The van der Waals surface area contributed by atoms with E-state index in [2.05, 4.69) is 10.6 Å². The number of esters is 1. The molecule has 1 aromatic carbocycles. The summed E-state index contributed by atoms with van der Waals surface area (Å²) in [6.45, 7) is 3.84. The van der Waals surface area contributed by atoms with Crippen LogP contribution < -0.4 is 10.6 Å². The van der Waals surface area contributed by atoms with Crippen LogP contribution in [0.2, 0.25) is 0 Å². The number of hydrogen-bond acceptors (Lipinski definition) is 4. The molecule has 0 aliphatic heterocycles. The van der Waals surface area contributed by atoms with Gasteiger partial charge in [0.2, 0.25) is 0 Å². The lowest BCUT2D eigenvalue weighted by Crippen LogP contribution is -2.20. The number of anilines is 2. The van der Waals surface area contributed by atoms with E-state index in [1.807, 2.05) is 0 Å². The largest absolute Gasteiger partial charge is 0.462 e. The molecular weight excluding hydrogens is 383 g/mol. The van der Waals surface area contributed by atoms with Crippen LogP contribution in [-0.2, 0) is 17.6 Å². The Morgan fingerprint density at radius 3 is 2.78 bits per heavy atom. The monoisotopic (exact) mass is 406 g/mol. The molecule has 2 aromatic rings. The van der Waals surface area contributed by atoms with Crippen LogP contribution >= 0.6 is 23.6 Å². The molecule has 0 saturated carbocycles. The van der Waals surface area contributed by atoms with Crippen molar-refractivity contribution in [1.82, 2.24) is 0 Å². The molecule has 0 fully saturated rings. The molecule has 0 amide bonds. The zero-order valence-electron chi connectivity index (χ0n) is 15.5. The van der Waals surface area contributed by atoms with E-state index in [1.54, 1.807) is 37.3 Å². The average Bonchev–Trinajstić information content (AvgIpc) is 2.79. The zero-order valence-corrected chi connectivity index (χ0v) is 17.1. The van der Waals surface area contributed by atoms with E-state index in [0.717, 1.165) is 31.2 Å². The van der Waals surface area contributed by atoms with Crippen molar-refractivity contribution in [3.05, 3.63) is 45.6 Å². The number of carbonyl (C=O) groups is 1. The van der Waals surface area contributed by atoms with Crippen LogP contribution in [0.25, 0.3) is 0 Å². The molecule has 0 unspecified atom stereocenters. The molecule has 1 aromatic heterocycles. The van der Waals surface area contributed by atoms with Gasteiger partial charge in [0.25, 0.3) is 0 Å². The predicted molar refractivity (Wildman–Crippen MR) is 113 cm³/mol. The lowest BCUT2D eigenvalue weighted by atomic mass is 10.1. The van der Waals surface area contributed by atoms with Crippen LogP contribution in [0.15, 0.2) is 18.2 Å². The van der Waals surface area contributed by atoms with E-state index in [9.17, 15) is 9.18 Å². The summed E-state index contributed by atoms with van der Waals surface area (Å²) in [7, 11) is 0. The smallest absolute Gasteiger partial charge is 0.341 e. The first-order chi connectivity index (χ1) is 13.0. The number of hydrogen-bond donors (Lipinski definition) is 2. The lowest BCUT2D eigenvalue weighted by molar-refractivity contribution is 0.0527. The third-order valence-electron chi connectivity index (χ3n) is 4.56. The number of rotatable bonds is 4. The highest BCUT2D eigenvalue weighted by atomic mass is 32.1. The second-order valence-electron chi connectivity index (χ2n) is 6.53. The summed E-state index contributed by atoms with van der Waals surface area (Å²) in [5.41, 5.74) is 2.82. The maximum atomic E-state index is 13.7. The number of thiocarbonyl (C=S) groups is 1. The van der Waals surface area contributed by atoms with Gasteiger partial charge in [0.15, 0.2) is 5.11 Å². The first-order valence-corrected chi connectivity index (χ1v) is 10.4. The molecule has 3 rings (SSSR count). The summed E-state index contributed by atoms with van der Waals surface area (Å²) in [4.78, 5) is 13.8. The van der Waals surface area contributed by atoms with Crippen molar-refractivity contribution in [1.29, 1.82) is 0 Å². The van der Waals surface area contributed by atoms with Gasteiger partial charge in [0.05, 0.1) is 12.2 Å². The summed E-state index contributed by atoms with van der Waals surface area (Å²) in [5, 5.41) is 7.13. The second-order valence-corrected chi connectivity index (χ2v) is 8.05. The maximum Gasteiger partial charge on any atom is 0.341 e. The van der Waals surface area contributed by atoms with E-state index >= 15 is 0 Å². The lowest BCUT2D eigenvalue weighted by Gasteiger charge is -2.12. The minimum absolute atomic E-state index is 0.294. The molecule has 0 spiro atoms. The standard InChI is InChI=1S/C20H23FN2O2S2/c1-3-25-19(24)17-14-7-5-4-6-8-16(14)27-18(17)23-20(26)22-13-10-9-12(2)15(21)11-13/h9-11H,3-8H2,1-2H3,(H2,22,23,26). The Hall–Kier alpha value is -1.99. The SMILES string of the molecule is CCOC(=O)c1c(NC(=S)Nc2ccc(C)c(F)c2)sc2c1CCCCC2. The van der Waals surface area contributed by atoms with Gasteiger partial charge in [-0.05, 0) is 75.0 Å². The quantitative estimate of drug-likeness (QED) is 0.402. The molecule has 1 aliphatic rings. The number of thiophene rings is 1. The third kappa shape index (κ3) is 4.65. The Labute approximate surface area is 168 Å². The van der Waals surface area contributed by atoms with Gasteiger partial charge < -0.3 is 15.4 Å². The number of fused-ring (bicyclic) bond motifs is 1. The molecule has 0 atom stereocenters. The van der Waals surface area contributed by atoms with Crippen LogP contribution in [0, 0.1) is 12.7 Å². The third-order valence-corrected chi connectivity index (χ3v) is 5.97. The Morgan fingerprint density at radius 1 is 1.26 bits per heavy atom. The Bertz CT molecular complexity index is 864. The molecule has 27 heavy (non-hydrogen) atoms. The predicted octanol–water partition coefficient (Wildman–Crippen LogP) is 5.45. The van der Waals surface area contributed by atoms with Crippen LogP contribution in [0.4, 0.5) is 15.1 Å². The van der Waals surface area contributed by atoms with Gasteiger partial charge in [0.1, 0.15) is 10.8 Å². The van der Waals surface area contributed by atoms with Gasteiger partial charge in [-0.15, -0.1) is 11.3 Å². The number of aryl methyl sites for hydroxylation is 2. The first-order valence-electron chi connectivity index (χ1n) is 9.15. The van der Waals surface area contributed by atoms with Crippen LogP contribution in [0.5, 0.6) is 0 Å². The molecule has 0 bridgehead atoms. The van der Waals surface area contributed by atoms with Crippen molar-refractivity contribution in [2.45, 2.75) is 46.0 Å². The number of nitrogens with one attached hydrogen (secondary N) is 2. The molecule has 0 radical (unpaired) electrons. The summed E-state index contributed by atoms with van der Waals surface area (Å²) in [5.74, 6) is -0.610. The van der Waals surface area contributed by atoms with E-state index in [1.165, 1.54) is 17.4 Å². The summed E-state index contributed by atoms with van der Waals surface area (Å²) >= 11 is 6.94. The van der Waals surface area contributed by atoms with Gasteiger partial charge in [-0.2, -0.15) is 0 Å². The molecule has 1 aliphatic carbocycles. The number of benzene rings is 1. The number of carbonyl (C=O) groups excluding carboxylic acids is 1. The van der Waals surface area contributed by atoms with Crippen molar-refractivity contribution in [2.75, 3.05) is 17.2 Å². The fourth-order valence-electron chi connectivity index (χ4n) is 3.19. The van der Waals surface area contributed by atoms with Crippen molar-refractivity contribution in [3.63, 3.8) is 0 Å². The normalized spacial score (nSPS) is 13.4. The molecule has 4 nitrogen and oxygen atoms in total. The Morgan fingerprint density at radius 2 is 2.04 bits per heavy atom. The van der Waals surface area contributed by atoms with E-state index in [4.69, 9.17) is 17.0 Å². The van der Waals surface area contributed by atoms with Crippen molar-refractivity contribution >= 4 is 45.3 Å². The highest BCUT2D eigenvalue weighted by Crippen LogP contribution is 2.38. The average molecular weight is 407 g/mol. The molecule has 0 saturated heterocycles. The van der Waals surface area contributed by atoms with Crippen molar-refractivity contribution in [2.24, 2.45) is 0 Å². The van der Waals surface area contributed by atoms with Gasteiger partial charge in [-0.3, -0.25) is 0 Å². The minimum Gasteiger partial charge on any atom is -0.462 e. The summed E-state index contributed by atoms with van der Waals surface area (Å²) < 4.78 is 19.0. The molecule has 7 heteroatoms. The fourth-order valence-corrected chi connectivity index (χ4v) is 4.75. The molecule has 1 heterocycles. The number of ether oxygens (including phenoxy) is 1. The first kappa shape index (κ1) is 19.8. The van der Waals surface area contributed by atoms with Crippen LogP contribution in [0.1, 0.15) is 52.5 Å². The molecule has 144 valence electrons. The van der Waals surface area contributed by atoms with Crippen LogP contribution in [0.3, 0.4) is 0 Å². The second kappa shape index (κ2) is 8.80. The van der Waals surface area contributed by atoms with E-state index in [0.29, 0.717) is 33.5 Å². The van der Waals surface area contributed by atoms with Crippen LogP contribution in [-0.4, -0.2) is 17.7 Å². The Balaban J connectivity index is 1.83. The zero-order chi connectivity index (χ0) is 19.4. The Kier molecular flexibility index (Phi) is 6.44. The topological polar surface area (TPSA) is 50.4 Å². The van der Waals surface area contributed by atoms with Gasteiger partial charge in [0, 0.05) is 10.6 Å². The highest BCUT2D eigenvalue weighted by molar-refractivity contribution is 7.80. The van der Waals surface area contributed by atoms with Gasteiger partial charge in [-0.1, -0.05) is 12.5 Å². The maximum absolute atomic E-state index is 13.7. The van der Waals surface area contributed by atoms with E-state index < -0.39 is 0 Å².